The lowest BCUT2D eigenvalue weighted by Gasteiger charge is -2.43. The summed E-state index contributed by atoms with van der Waals surface area (Å²) >= 11 is 0. The largest absolute Gasteiger partial charge is 0.481 e. The molecule has 2 saturated carbocycles. The van der Waals surface area contributed by atoms with E-state index in [1.165, 1.54) is 12.8 Å². The first-order valence-corrected chi connectivity index (χ1v) is 8.02. The summed E-state index contributed by atoms with van der Waals surface area (Å²) in [6, 6.07) is 0.671. The van der Waals surface area contributed by atoms with E-state index in [-0.39, 0.29) is 12.0 Å². The lowest BCUT2D eigenvalue weighted by Crippen LogP contribution is -2.52. The number of methoxy groups -OCH3 is 1. The minimum Gasteiger partial charge on any atom is -0.481 e. The Hall–Kier alpha value is -0.610. The minimum absolute atomic E-state index is 0.182. The third kappa shape index (κ3) is 3.73. The topological polar surface area (TPSA) is 49.8 Å². The van der Waals surface area contributed by atoms with Gasteiger partial charge in [-0.2, -0.15) is 0 Å². The van der Waals surface area contributed by atoms with Gasteiger partial charge in [0.25, 0.3) is 0 Å². The predicted octanol–water partition coefficient (Wildman–Crippen LogP) is 2.62. The number of hydrogen-bond donors (Lipinski definition) is 1. The van der Waals surface area contributed by atoms with Crippen LogP contribution >= 0.6 is 0 Å². The van der Waals surface area contributed by atoms with E-state index in [1.54, 1.807) is 7.11 Å². The van der Waals surface area contributed by atoms with E-state index in [0.717, 1.165) is 31.7 Å². The normalized spacial score (nSPS) is 32.3. The number of carboxylic acid groups (broad SMARTS) is 1. The summed E-state index contributed by atoms with van der Waals surface area (Å²) in [5.41, 5.74) is 0. The smallest absolute Gasteiger partial charge is 0.308 e. The first-order valence-electron chi connectivity index (χ1n) is 8.02. The highest BCUT2D eigenvalue weighted by Gasteiger charge is 2.42. The molecule has 2 fully saturated rings. The molecule has 0 aromatic rings. The highest BCUT2D eigenvalue weighted by Crippen LogP contribution is 2.40. The summed E-state index contributed by atoms with van der Waals surface area (Å²) in [5.74, 6) is 0.571. The van der Waals surface area contributed by atoms with Gasteiger partial charge in [-0.1, -0.05) is 6.92 Å². The van der Waals surface area contributed by atoms with Gasteiger partial charge in [0, 0.05) is 25.7 Å². The molecule has 0 saturated heterocycles. The zero-order valence-electron chi connectivity index (χ0n) is 13.0. The fourth-order valence-electron chi connectivity index (χ4n) is 3.72. The second kappa shape index (κ2) is 6.90. The molecule has 0 amide bonds. The number of hydrogen-bond acceptors (Lipinski definition) is 3. The molecule has 116 valence electrons. The average molecular weight is 283 g/mol. The summed E-state index contributed by atoms with van der Waals surface area (Å²) in [5, 5.41) is 9.55. The molecule has 0 aliphatic heterocycles. The van der Waals surface area contributed by atoms with Gasteiger partial charge in [-0.15, -0.1) is 0 Å². The molecule has 4 unspecified atom stereocenters. The third-order valence-electron chi connectivity index (χ3n) is 5.20. The Morgan fingerprint density at radius 1 is 1.35 bits per heavy atom. The van der Waals surface area contributed by atoms with E-state index in [2.05, 4.69) is 18.7 Å². The van der Waals surface area contributed by atoms with Gasteiger partial charge in [0.05, 0.1) is 12.5 Å². The molecule has 0 aromatic carbocycles. The Morgan fingerprint density at radius 3 is 2.60 bits per heavy atom. The van der Waals surface area contributed by atoms with E-state index in [9.17, 15) is 9.90 Å². The van der Waals surface area contributed by atoms with Crippen LogP contribution in [-0.4, -0.2) is 48.3 Å². The predicted molar refractivity (Wildman–Crippen MR) is 78.7 cm³/mol. The van der Waals surface area contributed by atoms with Crippen LogP contribution in [0.1, 0.15) is 46.0 Å². The lowest BCUT2D eigenvalue weighted by molar-refractivity contribution is -0.147. The van der Waals surface area contributed by atoms with Crippen LogP contribution in [0.15, 0.2) is 0 Å². The van der Waals surface area contributed by atoms with Crippen molar-refractivity contribution in [3.8, 4) is 0 Å². The fraction of sp³-hybridized carbons (Fsp3) is 0.938. The van der Waals surface area contributed by atoms with Gasteiger partial charge in [-0.05, 0) is 50.9 Å². The highest BCUT2D eigenvalue weighted by molar-refractivity contribution is 5.71. The number of carboxylic acids is 1. The molecular formula is C16H29NO3. The van der Waals surface area contributed by atoms with Crippen molar-refractivity contribution in [3.63, 3.8) is 0 Å². The van der Waals surface area contributed by atoms with Crippen molar-refractivity contribution < 1.29 is 14.6 Å². The minimum atomic E-state index is -0.618. The van der Waals surface area contributed by atoms with Crippen LogP contribution in [0.4, 0.5) is 0 Å². The Labute approximate surface area is 122 Å². The van der Waals surface area contributed by atoms with Crippen molar-refractivity contribution in [2.75, 3.05) is 20.3 Å². The summed E-state index contributed by atoms with van der Waals surface area (Å²) in [7, 11) is 1.72. The van der Waals surface area contributed by atoms with Gasteiger partial charge in [0.1, 0.15) is 0 Å². The maximum atomic E-state index is 11.6. The molecule has 4 nitrogen and oxygen atoms in total. The van der Waals surface area contributed by atoms with Crippen LogP contribution in [0.5, 0.6) is 0 Å². The quantitative estimate of drug-likeness (QED) is 0.780. The molecule has 4 atom stereocenters. The van der Waals surface area contributed by atoms with Gasteiger partial charge < -0.3 is 9.84 Å². The summed E-state index contributed by atoms with van der Waals surface area (Å²) < 4.78 is 5.25. The summed E-state index contributed by atoms with van der Waals surface area (Å²) in [6.45, 7) is 6.07. The molecule has 0 heterocycles. The summed E-state index contributed by atoms with van der Waals surface area (Å²) in [4.78, 5) is 14.0. The van der Waals surface area contributed by atoms with Crippen LogP contribution in [-0.2, 0) is 9.53 Å². The number of ether oxygens (including phenoxy) is 1. The van der Waals surface area contributed by atoms with Gasteiger partial charge in [0.2, 0.25) is 0 Å². The zero-order valence-corrected chi connectivity index (χ0v) is 13.0. The average Bonchev–Trinajstić information content (AvgIpc) is 3.23. The van der Waals surface area contributed by atoms with Crippen molar-refractivity contribution in [2.45, 2.75) is 58.0 Å². The van der Waals surface area contributed by atoms with E-state index in [0.29, 0.717) is 18.6 Å². The molecule has 0 bridgehead atoms. The van der Waals surface area contributed by atoms with Crippen LogP contribution in [0.25, 0.3) is 0 Å². The van der Waals surface area contributed by atoms with E-state index in [4.69, 9.17) is 4.74 Å². The monoisotopic (exact) mass is 283 g/mol. The molecule has 2 aliphatic rings. The Balaban J connectivity index is 2.11. The lowest BCUT2D eigenvalue weighted by atomic mass is 9.77. The maximum Gasteiger partial charge on any atom is 0.308 e. The number of aliphatic carboxylic acids is 1. The zero-order chi connectivity index (χ0) is 14.7. The van der Waals surface area contributed by atoms with Crippen LogP contribution in [0, 0.1) is 17.8 Å². The number of rotatable bonds is 7. The standard InChI is InChI=1S/C16H29NO3/c1-11-4-7-14(16(18)19)15(10-11)17(8-9-20-3)12(2)13-5-6-13/h11-15H,4-10H2,1-3H3,(H,18,19). The van der Waals surface area contributed by atoms with Gasteiger partial charge in [0.15, 0.2) is 0 Å². The molecule has 2 rings (SSSR count). The van der Waals surface area contributed by atoms with Crippen molar-refractivity contribution in [1.82, 2.24) is 4.90 Å². The molecule has 2 aliphatic carbocycles. The highest BCUT2D eigenvalue weighted by atomic mass is 16.5. The molecule has 4 heteroatoms. The van der Waals surface area contributed by atoms with Gasteiger partial charge in [-0.3, -0.25) is 9.69 Å². The number of nitrogens with zero attached hydrogens (tertiary/aromatic N) is 1. The van der Waals surface area contributed by atoms with Crippen LogP contribution in [0.2, 0.25) is 0 Å². The van der Waals surface area contributed by atoms with Crippen molar-refractivity contribution >= 4 is 5.97 Å². The summed E-state index contributed by atoms with van der Waals surface area (Å²) in [6.07, 6.45) is 5.47. The third-order valence-corrected chi connectivity index (χ3v) is 5.20. The Bertz CT molecular complexity index is 330. The molecular weight excluding hydrogens is 254 g/mol. The number of carbonyl (C=O) groups is 1. The SMILES string of the molecule is COCCN(C(C)C1CC1)C1CC(C)CCC1C(=O)O. The van der Waals surface area contributed by atoms with Gasteiger partial charge >= 0.3 is 5.97 Å². The molecule has 0 radical (unpaired) electrons. The second-order valence-corrected chi connectivity index (χ2v) is 6.74. The van der Waals surface area contributed by atoms with E-state index >= 15 is 0 Å². The Morgan fingerprint density at radius 2 is 2.05 bits per heavy atom. The van der Waals surface area contributed by atoms with E-state index in [1.807, 2.05) is 0 Å². The fourth-order valence-corrected chi connectivity index (χ4v) is 3.72. The van der Waals surface area contributed by atoms with E-state index < -0.39 is 5.97 Å². The molecule has 20 heavy (non-hydrogen) atoms. The Kier molecular flexibility index (Phi) is 5.44. The molecule has 0 spiro atoms. The van der Waals surface area contributed by atoms with Crippen LogP contribution in [0.3, 0.4) is 0 Å². The van der Waals surface area contributed by atoms with Crippen molar-refractivity contribution in [2.24, 2.45) is 17.8 Å². The second-order valence-electron chi connectivity index (χ2n) is 6.74. The molecule has 0 aromatic heterocycles. The molecule has 1 N–H and O–H groups in total. The maximum absolute atomic E-state index is 11.6. The first kappa shape index (κ1) is 15.8. The van der Waals surface area contributed by atoms with Gasteiger partial charge in [-0.25, -0.2) is 0 Å². The van der Waals surface area contributed by atoms with Crippen LogP contribution < -0.4 is 0 Å². The van der Waals surface area contributed by atoms with Crippen molar-refractivity contribution in [3.05, 3.63) is 0 Å². The first-order chi connectivity index (χ1) is 9.54. The van der Waals surface area contributed by atoms with Crippen molar-refractivity contribution in [1.29, 1.82) is 0 Å².